The van der Waals surface area contributed by atoms with E-state index < -0.39 is 0 Å². The molecule has 7 nitrogen and oxygen atoms in total. The molecular weight excluding hydrogens is 320 g/mol. The Morgan fingerprint density at radius 1 is 1.24 bits per heavy atom. The van der Waals surface area contributed by atoms with Crippen LogP contribution >= 0.6 is 0 Å². The molecule has 2 amide bonds. The molecule has 7 heteroatoms. The van der Waals surface area contributed by atoms with E-state index in [-0.39, 0.29) is 23.6 Å². The number of hydrogen-bond donors (Lipinski definition) is 2. The molecule has 0 saturated carbocycles. The first-order chi connectivity index (χ1) is 12.1. The van der Waals surface area contributed by atoms with Crippen LogP contribution < -0.4 is 10.6 Å². The molecule has 2 aromatic heterocycles. The van der Waals surface area contributed by atoms with Gasteiger partial charge < -0.3 is 19.6 Å². The van der Waals surface area contributed by atoms with E-state index in [9.17, 15) is 9.59 Å². The number of anilines is 1. The molecule has 0 unspecified atom stereocenters. The first kappa shape index (κ1) is 16.5. The zero-order chi connectivity index (χ0) is 17.6. The van der Waals surface area contributed by atoms with Gasteiger partial charge in [-0.05, 0) is 37.3 Å². The minimum Gasteiger partial charge on any atom is -0.459 e. The second kappa shape index (κ2) is 7.48. The van der Waals surface area contributed by atoms with Crippen LogP contribution in [0.15, 0.2) is 65.8 Å². The van der Waals surface area contributed by atoms with Gasteiger partial charge in [-0.15, -0.1) is 0 Å². The van der Waals surface area contributed by atoms with Gasteiger partial charge >= 0.3 is 0 Å². The van der Waals surface area contributed by atoms with Crippen LogP contribution in [0.1, 0.15) is 27.8 Å². The summed E-state index contributed by atoms with van der Waals surface area (Å²) in [4.78, 5) is 28.4. The second-order valence-corrected chi connectivity index (χ2v) is 5.65. The predicted molar refractivity (Wildman–Crippen MR) is 92.3 cm³/mol. The Morgan fingerprint density at radius 3 is 2.84 bits per heavy atom. The van der Waals surface area contributed by atoms with Crippen molar-refractivity contribution in [2.45, 2.75) is 19.5 Å². The molecule has 128 valence electrons. The van der Waals surface area contributed by atoms with Gasteiger partial charge in [-0.3, -0.25) is 9.59 Å². The highest BCUT2D eigenvalue weighted by atomic mass is 16.3. The molecule has 0 aliphatic carbocycles. The van der Waals surface area contributed by atoms with Crippen LogP contribution in [0.5, 0.6) is 0 Å². The van der Waals surface area contributed by atoms with Crippen molar-refractivity contribution in [3.05, 3.63) is 72.7 Å². The zero-order valence-electron chi connectivity index (χ0n) is 13.7. The van der Waals surface area contributed by atoms with Crippen LogP contribution in [0.2, 0.25) is 0 Å². The number of carbonyl (C=O) groups is 2. The van der Waals surface area contributed by atoms with Crippen LogP contribution in [0, 0.1) is 0 Å². The number of aromatic nitrogens is 2. The Balaban J connectivity index is 1.62. The summed E-state index contributed by atoms with van der Waals surface area (Å²) in [6, 6.07) is 9.90. The number of hydrogen-bond acceptors (Lipinski definition) is 4. The topological polar surface area (TPSA) is 89.2 Å². The zero-order valence-corrected chi connectivity index (χ0v) is 13.7. The quantitative estimate of drug-likeness (QED) is 0.723. The molecule has 1 aromatic carbocycles. The molecule has 0 aliphatic heterocycles. The molecule has 0 radical (unpaired) electrons. The number of furan rings is 1. The van der Waals surface area contributed by atoms with Crippen LogP contribution in [0.25, 0.3) is 0 Å². The number of rotatable bonds is 6. The minimum atomic E-state index is -0.365. The average molecular weight is 338 g/mol. The van der Waals surface area contributed by atoms with Gasteiger partial charge in [0.15, 0.2) is 5.76 Å². The summed E-state index contributed by atoms with van der Waals surface area (Å²) >= 11 is 0. The summed E-state index contributed by atoms with van der Waals surface area (Å²) in [6.45, 7) is 2.54. The lowest BCUT2D eigenvalue weighted by atomic mass is 10.1. The Labute approximate surface area is 144 Å². The second-order valence-electron chi connectivity index (χ2n) is 5.65. The summed E-state index contributed by atoms with van der Waals surface area (Å²) < 4.78 is 6.94. The smallest absolute Gasteiger partial charge is 0.291 e. The van der Waals surface area contributed by atoms with Crippen molar-refractivity contribution in [3.63, 3.8) is 0 Å². The SMILES string of the molecule is C[C@@H](Cn1ccnc1)NC(=O)c1cccc(NC(=O)c2ccco2)c1. The monoisotopic (exact) mass is 338 g/mol. The molecule has 3 aromatic rings. The lowest BCUT2D eigenvalue weighted by Gasteiger charge is -2.15. The maximum atomic E-state index is 12.4. The van der Waals surface area contributed by atoms with Gasteiger partial charge in [0.05, 0.1) is 12.6 Å². The van der Waals surface area contributed by atoms with E-state index in [1.807, 2.05) is 17.7 Å². The number of nitrogens with zero attached hydrogens (tertiary/aromatic N) is 2. The van der Waals surface area contributed by atoms with Gasteiger partial charge in [-0.2, -0.15) is 0 Å². The summed E-state index contributed by atoms with van der Waals surface area (Å²) in [7, 11) is 0. The largest absolute Gasteiger partial charge is 0.459 e. The van der Waals surface area contributed by atoms with Gasteiger partial charge in [0.25, 0.3) is 11.8 Å². The minimum absolute atomic E-state index is 0.0666. The number of amides is 2. The van der Waals surface area contributed by atoms with E-state index in [2.05, 4.69) is 15.6 Å². The molecule has 2 N–H and O–H groups in total. The standard InChI is InChI=1S/C18H18N4O3/c1-13(11-22-8-7-19-12-22)20-17(23)14-4-2-5-15(10-14)21-18(24)16-6-3-9-25-16/h2-10,12-13H,11H2,1H3,(H,20,23)(H,21,24)/t13-/m0/s1. The Hall–Kier alpha value is -3.35. The third-order valence-electron chi connectivity index (χ3n) is 3.55. The summed E-state index contributed by atoms with van der Waals surface area (Å²) in [5.74, 6) is -0.360. The van der Waals surface area contributed by atoms with E-state index in [1.165, 1.54) is 6.26 Å². The first-order valence-corrected chi connectivity index (χ1v) is 7.83. The summed E-state index contributed by atoms with van der Waals surface area (Å²) in [5.41, 5.74) is 0.992. The fraction of sp³-hybridized carbons (Fsp3) is 0.167. The molecule has 0 saturated heterocycles. The summed E-state index contributed by atoms with van der Waals surface area (Å²) in [6.07, 6.45) is 6.67. The van der Waals surface area contributed by atoms with Crippen LogP contribution in [0.3, 0.4) is 0 Å². The highest BCUT2D eigenvalue weighted by Crippen LogP contribution is 2.13. The van der Waals surface area contributed by atoms with E-state index in [0.717, 1.165) is 0 Å². The maximum absolute atomic E-state index is 12.4. The van der Waals surface area contributed by atoms with Crippen LogP contribution in [-0.2, 0) is 6.54 Å². The number of carbonyl (C=O) groups excluding carboxylic acids is 2. The third kappa shape index (κ3) is 4.35. The predicted octanol–water partition coefficient (Wildman–Crippen LogP) is 2.55. The van der Waals surface area contributed by atoms with Gasteiger partial charge in [-0.25, -0.2) is 4.98 Å². The summed E-state index contributed by atoms with van der Waals surface area (Å²) in [5, 5.41) is 5.63. The molecule has 25 heavy (non-hydrogen) atoms. The van der Waals surface area contributed by atoms with Gasteiger partial charge in [-0.1, -0.05) is 6.07 Å². The van der Waals surface area contributed by atoms with Crippen LogP contribution in [0.4, 0.5) is 5.69 Å². The van der Waals surface area contributed by atoms with E-state index >= 15 is 0 Å². The van der Waals surface area contributed by atoms with Gasteiger partial charge in [0, 0.05) is 36.2 Å². The van der Waals surface area contributed by atoms with E-state index in [1.54, 1.807) is 48.9 Å². The van der Waals surface area contributed by atoms with Crippen molar-refractivity contribution in [1.82, 2.24) is 14.9 Å². The highest BCUT2D eigenvalue weighted by Gasteiger charge is 2.13. The molecule has 0 fully saturated rings. The molecule has 0 spiro atoms. The molecule has 0 bridgehead atoms. The normalized spacial score (nSPS) is 11.7. The maximum Gasteiger partial charge on any atom is 0.291 e. The molecular formula is C18H18N4O3. The Morgan fingerprint density at radius 2 is 2.12 bits per heavy atom. The highest BCUT2D eigenvalue weighted by molar-refractivity contribution is 6.03. The fourth-order valence-electron chi connectivity index (χ4n) is 2.40. The molecule has 2 heterocycles. The number of benzene rings is 1. The Bertz CT molecular complexity index is 841. The first-order valence-electron chi connectivity index (χ1n) is 7.83. The van der Waals surface area contributed by atoms with Crippen molar-refractivity contribution in [2.75, 3.05) is 5.32 Å². The van der Waals surface area contributed by atoms with E-state index in [0.29, 0.717) is 17.8 Å². The van der Waals surface area contributed by atoms with E-state index in [4.69, 9.17) is 4.42 Å². The molecule has 1 atom stereocenters. The van der Waals surface area contributed by atoms with Gasteiger partial charge in [0.2, 0.25) is 0 Å². The average Bonchev–Trinajstić information content (AvgIpc) is 3.28. The third-order valence-corrected chi connectivity index (χ3v) is 3.55. The molecule has 0 aliphatic rings. The van der Waals surface area contributed by atoms with Crippen molar-refractivity contribution >= 4 is 17.5 Å². The molecule has 3 rings (SSSR count). The van der Waals surface area contributed by atoms with Gasteiger partial charge in [0.1, 0.15) is 0 Å². The van der Waals surface area contributed by atoms with Crippen molar-refractivity contribution in [2.24, 2.45) is 0 Å². The fourth-order valence-corrected chi connectivity index (χ4v) is 2.40. The number of imidazole rings is 1. The lowest BCUT2D eigenvalue weighted by molar-refractivity contribution is 0.0935. The number of nitrogens with one attached hydrogen (secondary N) is 2. The Kier molecular flexibility index (Phi) is 4.94. The van der Waals surface area contributed by atoms with Crippen LogP contribution in [-0.4, -0.2) is 27.4 Å². The van der Waals surface area contributed by atoms with Crippen molar-refractivity contribution in [3.8, 4) is 0 Å². The van der Waals surface area contributed by atoms with Crippen molar-refractivity contribution in [1.29, 1.82) is 0 Å². The van der Waals surface area contributed by atoms with Crippen molar-refractivity contribution < 1.29 is 14.0 Å². The lowest BCUT2D eigenvalue weighted by Crippen LogP contribution is -2.35.